The molecule has 102 heavy (non-hydrogen) atoms. The number of rotatable bonds is 48. The molecule has 43 heteroatoms. The van der Waals surface area contributed by atoms with E-state index in [1.165, 1.54) is 37.5 Å². The molecule has 3 aromatic rings. The number of aliphatic hydroxyl groups excluding tert-OH is 5. The fraction of sp³-hybridized carbons (Fsp3) is 0.542. The number of aliphatic carboxylic acids is 4. The number of carbonyl (C=O) groups is 15. The second-order valence-corrected chi connectivity index (χ2v) is 25.2. The Labute approximate surface area is 587 Å². The molecule has 11 atom stereocenters. The number of hydrogen-bond donors (Lipinski definition) is 21. The summed E-state index contributed by atoms with van der Waals surface area (Å²) in [5.74, 6) is -17.0. The van der Waals surface area contributed by atoms with Crippen LogP contribution in [-0.4, -0.2) is 260 Å². The molecule has 0 saturated carbocycles. The van der Waals surface area contributed by atoms with E-state index in [9.17, 15) is 118 Å². The van der Waals surface area contributed by atoms with E-state index in [2.05, 4.69) is 73.1 Å². The van der Waals surface area contributed by atoms with Gasteiger partial charge in [0.1, 0.15) is 78.8 Å². The summed E-state index contributed by atoms with van der Waals surface area (Å²) in [6.45, 7) is 0.354. The molecule has 3 rings (SSSR count). The lowest BCUT2D eigenvalue weighted by Crippen LogP contribution is -2.59. The molecular formula is C59H83N15O26S2. The van der Waals surface area contributed by atoms with Crippen LogP contribution < -0.4 is 64.5 Å². The van der Waals surface area contributed by atoms with Gasteiger partial charge in [-0.05, 0) is 76.6 Å². The molecule has 9 amide bonds. The van der Waals surface area contributed by atoms with Crippen LogP contribution in [0.1, 0.15) is 107 Å². The largest absolute Gasteiger partial charge is 0.481 e. The lowest BCUT2D eigenvalue weighted by molar-refractivity contribution is -0.142. The van der Waals surface area contributed by atoms with Crippen molar-refractivity contribution in [1.82, 2.24) is 67.8 Å². The van der Waals surface area contributed by atoms with Crippen LogP contribution in [0.3, 0.4) is 0 Å². The number of alkyl carbamates (subject to hydrolysis) is 1. The summed E-state index contributed by atoms with van der Waals surface area (Å²) in [5.41, 5.74) is 5.57. The highest BCUT2D eigenvalue weighted by atomic mass is 33.1. The maximum absolute atomic E-state index is 14.3. The van der Waals surface area contributed by atoms with Gasteiger partial charge in [-0.25, -0.2) is 24.4 Å². The van der Waals surface area contributed by atoms with Crippen molar-refractivity contribution in [3.63, 3.8) is 0 Å². The minimum Gasteiger partial charge on any atom is -0.481 e. The number of benzene rings is 1. The average molecular weight is 1480 g/mol. The van der Waals surface area contributed by atoms with Crippen LogP contribution in [0.25, 0.3) is 11.2 Å². The number of carboxylic acids is 4. The lowest BCUT2D eigenvalue weighted by Gasteiger charge is -2.27. The number of amides is 9. The van der Waals surface area contributed by atoms with Gasteiger partial charge in [-0.2, -0.15) is 4.98 Å². The highest BCUT2D eigenvalue weighted by molar-refractivity contribution is 8.76. The molecule has 22 N–H and O–H groups in total. The van der Waals surface area contributed by atoms with Crippen molar-refractivity contribution < 1.29 is 123 Å². The number of carboxylic acid groups (broad SMARTS) is 4. The Morgan fingerprint density at radius 1 is 0.569 bits per heavy atom. The lowest BCUT2D eigenvalue weighted by atomic mass is 10.0. The van der Waals surface area contributed by atoms with Crippen molar-refractivity contribution in [2.45, 2.75) is 164 Å². The van der Waals surface area contributed by atoms with Crippen molar-refractivity contribution in [2.75, 3.05) is 49.4 Å². The van der Waals surface area contributed by atoms with Crippen LogP contribution in [0.5, 0.6) is 0 Å². The SMILES string of the molecule is CNC(=O)OCCSSC[C@@H](NC(=O)[C@H](CCC(C)=O)NC(=O)[C@@H](CCC(=O)O)NC(=O)[C@H](CCC(C)=O)NC(=O)[C@@H](CCC(=O)O)NC(=O)[C@H](CCC(=O)NC[C@H](O)[C@@H](O)[C@H](O)[C@H](O)CO)NC(=O)CC[C@@H](NC(=O)c1ccc(NCc2cnc3nc(N)[nH]c(=O)c3n2)cc1)C(=O)O)C(=O)O. The number of aromatic nitrogens is 4. The molecule has 0 aliphatic rings. The highest BCUT2D eigenvalue weighted by Crippen LogP contribution is 2.22. The van der Waals surface area contributed by atoms with E-state index < -0.39 is 245 Å². The van der Waals surface area contributed by atoms with Gasteiger partial charge in [0.25, 0.3) is 11.5 Å². The van der Waals surface area contributed by atoms with Gasteiger partial charge in [0, 0.05) is 74.9 Å². The van der Waals surface area contributed by atoms with Gasteiger partial charge in [-0.3, -0.25) is 57.7 Å². The number of nitrogens with two attached hydrogens (primary N) is 1. The van der Waals surface area contributed by atoms with Gasteiger partial charge in [0.2, 0.25) is 47.3 Å². The number of nitrogen functional groups attached to an aromatic ring is 1. The molecule has 0 fully saturated rings. The molecular weight excluding hydrogens is 1400 g/mol. The first kappa shape index (κ1) is 86.0. The number of nitrogens with zero attached hydrogens (tertiary/aromatic N) is 3. The summed E-state index contributed by atoms with van der Waals surface area (Å²) < 4.78 is 4.86. The Hall–Kier alpha value is -10.2. The van der Waals surface area contributed by atoms with Crippen LogP contribution >= 0.6 is 21.6 Å². The number of nitrogens with one attached hydrogen (secondary N) is 11. The summed E-state index contributed by atoms with van der Waals surface area (Å²) in [6.07, 6.45) is -15.6. The molecule has 0 spiro atoms. The van der Waals surface area contributed by atoms with E-state index in [0.717, 1.165) is 35.4 Å². The third-order valence-corrected chi connectivity index (χ3v) is 16.8. The first-order valence-electron chi connectivity index (χ1n) is 31.2. The normalized spacial score (nSPS) is 14.3. The summed E-state index contributed by atoms with van der Waals surface area (Å²) in [4.78, 5) is 222. The van der Waals surface area contributed by atoms with E-state index in [4.69, 9.17) is 15.6 Å². The summed E-state index contributed by atoms with van der Waals surface area (Å²) >= 11 is 0. The number of Topliss-reactive ketones (excluding diaryl/α,β-unsaturated/α-hetero) is 2. The molecule has 562 valence electrons. The van der Waals surface area contributed by atoms with Crippen molar-refractivity contribution in [3.05, 3.63) is 52.1 Å². The molecule has 2 aromatic heterocycles. The Bertz CT molecular complexity index is 3520. The van der Waals surface area contributed by atoms with E-state index in [-0.39, 0.29) is 53.8 Å². The highest BCUT2D eigenvalue weighted by Gasteiger charge is 2.36. The number of hydrogen-bond acceptors (Lipinski definition) is 29. The number of ether oxygens (including phenoxy) is 1. The smallest absolute Gasteiger partial charge is 0.406 e. The molecule has 0 unspecified atom stereocenters. The molecule has 0 aliphatic heterocycles. The van der Waals surface area contributed by atoms with Crippen molar-refractivity contribution >= 4 is 133 Å². The summed E-state index contributed by atoms with van der Waals surface area (Å²) in [7, 11) is 3.39. The van der Waals surface area contributed by atoms with Crippen LogP contribution in [0.15, 0.2) is 35.3 Å². The minimum atomic E-state index is -2.13. The quantitative estimate of drug-likeness (QED) is 0.0185. The molecule has 41 nitrogen and oxygen atoms in total. The monoisotopic (exact) mass is 1480 g/mol. The standard InChI is InChI=1S/C59H83N15O26S2/c1-27(76)4-10-33(51(90)70-36(15-19-44(84)85)53(92)68-34(11-5-28(2)77)54(93)72-38(57(97)98)26-102-101-21-20-100-59(99)61-3)67-52(91)35(14-18-43(82)83)69-50(89)32(12-16-41(80)63-24-39(78)46(86)47(87)40(79)25-75)66-42(81)17-13-37(56(95)96)71-49(88)29-6-8-30(9-7-29)62-22-31-23-64-48-45(65-31)55(94)74-58(60)73-48/h6-9,23,32-40,46-47,62,75,78-79,86-87H,4-5,10-22,24-26H2,1-3H3,(H,61,99)(H,63,80)(H,66,81)(H,67,91)(H,68,92)(H,69,89)(H,70,90)(H,71,88)(H,72,93)(H,82,83)(H,84,85)(H,95,96)(H,97,98)(H3,60,64,73,74,94)/t32-,33-,34-,35+,36+,37+,38+,39-,40+,46+,47+/m0/s1. The van der Waals surface area contributed by atoms with Crippen LogP contribution in [0.2, 0.25) is 0 Å². The van der Waals surface area contributed by atoms with E-state index >= 15 is 0 Å². The predicted molar refractivity (Wildman–Crippen MR) is 356 cm³/mol. The Kier molecular flexibility index (Phi) is 37.2. The van der Waals surface area contributed by atoms with Gasteiger partial charge in [-0.15, -0.1) is 0 Å². The zero-order chi connectivity index (χ0) is 76.3. The second kappa shape index (κ2) is 44.1. The van der Waals surface area contributed by atoms with Crippen molar-refractivity contribution in [2.24, 2.45) is 0 Å². The number of fused-ring (bicyclic) bond motifs is 1. The molecule has 0 radical (unpaired) electrons. The van der Waals surface area contributed by atoms with Gasteiger partial charge >= 0.3 is 30.0 Å². The first-order valence-corrected chi connectivity index (χ1v) is 33.7. The third kappa shape index (κ3) is 31.5. The second-order valence-electron chi connectivity index (χ2n) is 22.6. The molecule has 0 aliphatic carbocycles. The van der Waals surface area contributed by atoms with Gasteiger partial charge in [0.15, 0.2) is 11.2 Å². The van der Waals surface area contributed by atoms with Gasteiger partial charge < -0.3 is 119 Å². The number of aliphatic hydroxyl groups is 5. The van der Waals surface area contributed by atoms with Gasteiger partial charge in [-0.1, -0.05) is 21.6 Å². The molecule has 0 saturated heterocycles. The van der Waals surface area contributed by atoms with Crippen molar-refractivity contribution in [1.29, 1.82) is 0 Å². The number of anilines is 2. The van der Waals surface area contributed by atoms with E-state index in [1.54, 1.807) is 0 Å². The molecule has 0 bridgehead atoms. The predicted octanol–water partition coefficient (Wildman–Crippen LogP) is -5.60. The zero-order valence-corrected chi connectivity index (χ0v) is 56.8. The molecule has 2 heterocycles. The fourth-order valence-corrected chi connectivity index (χ4v) is 10.8. The van der Waals surface area contributed by atoms with Crippen LogP contribution in [-0.2, 0) is 73.6 Å². The third-order valence-electron chi connectivity index (χ3n) is 14.4. The Morgan fingerprint density at radius 2 is 1.03 bits per heavy atom. The number of aromatic amines is 1. The van der Waals surface area contributed by atoms with Crippen LogP contribution in [0, 0.1) is 0 Å². The first-order chi connectivity index (χ1) is 48.1. The fourth-order valence-electron chi connectivity index (χ4n) is 8.82. The van der Waals surface area contributed by atoms with Crippen molar-refractivity contribution in [3.8, 4) is 0 Å². The Morgan fingerprint density at radius 3 is 1.51 bits per heavy atom. The van der Waals surface area contributed by atoms with Gasteiger partial charge in [0.05, 0.1) is 31.1 Å². The molecule has 1 aromatic carbocycles. The number of ketones is 2. The summed E-state index contributed by atoms with van der Waals surface area (Å²) in [5, 5.41) is 112. The summed E-state index contributed by atoms with van der Waals surface area (Å²) in [6, 6.07) is -7.31. The number of carbonyl (C=O) groups excluding carboxylic acids is 11. The van der Waals surface area contributed by atoms with Crippen LogP contribution in [0.4, 0.5) is 16.4 Å². The minimum absolute atomic E-state index is 0.0110. The number of H-pyrrole nitrogens is 1. The topological polar surface area (TPSA) is 665 Å². The van der Waals surface area contributed by atoms with E-state index in [0.29, 0.717) is 11.4 Å². The maximum atomic E-state index is 14.3. The Balaban J connectivity index is 1.89. The van der Waals surface area contributed by atoms with E-state index in [1.807, 2.05) is 0 Å². The zero-order valence-electron chi connectivity index (χ0n) is 55.2. The average Bonchev–Trinajstić information content (AvgIpc) is 0.814. The maximum Gasteiger partial charge on any atom is 0.406 e.